The molecule has 2 unspecified atom stereocenters. The number of fused-ring (bicyclic) bond motifs is 1. The van der Waals surface area contributed by atoms with Crippen LogP contribution >= 0.6 is 0 Å². The van der Waals surface area contributed by atoms with Gasteiger partial charge >= 0.3 is 0 Å². The van der Waals surface area contributed by atoms with Crippen molar-refractivity contribution in [1.82, 2.24) is 25.0 Å². The molecule has 1 aromatic rings. The largest absolute Gasteiger partial charge is 0.370 e. The van der Waals surface area contributed by atoms with Gasteiger partial charge in [0.15, 0.2) is 0 Å². The lowest BCUT2D eigenvalue weighted by molar-refractivity contribution is -0.152. The maximum absolute atomic E-state index is 12.8. The summed E-state index contributed by atoms with van der Waals surface area (Å²) >= 11 is 0. The Labute approximate surface area is 123 Å². The molecule has 114 valence electrons. The Hall–Kier alpha value is -1.47. The van der Waals surface area contributed by atoms with Crippen molar-refractivity contribution in [1.29, 1.82) is 0 Å². The molecule has 0 bridgehead atoms. The van der Waals surface area contributed by atoms with Crippen molar-refractivity contribution < 1.29 is 9.53 Å². The van der Waals surface area contributed by atoms with Crippen LogP contribution in [0, 0.1) is 5.92 Å². The van der Waals surface area contributed by atoms with Gasteiger partial charge in [0, 0.05) is 19.5 Å². The minimum atomic E-state index is -0.152. The lowest BCUT2D eigenvalue weighted by atomic mass is 9.95. The van der Waals surface area contributed by atoms with Gasteiger partial charge in [0.05, 0.1) is 31.2 Å². The Balaban J connectivity index is 1.45. The average molecular weight is 291 g/mol. The van der Waals surface area contributed by atoms with Crippen molar-refractivity contribution in [3.63, 3.8) is 0 Å². The van der Waals surface area contributed by atoms with E-state index in [4.69, 9.17) is 4.74 Å². The monoisotopic (exact) mass is 291 g/mol. The fourth-order valence-corrected chi connectivity index (χ4v) is 3.71. The number of carbonyl (C=O) groups excluding carboxylic acids is 1. The number of nitrogens with one attached hydrogen (secondary N) is 1. The van der Waals surface area contributed by atoms with Crippen LogP contribution in [0.5, 0.6) is 0 Å². The second kappa shape index (κ2) is 5.06. The van der Waals surface area contributed by atoms with E-state index in [1.54, 1.807) is 6.33 Å². The van der Waals surface area contributed by atoms with E-state index in [0.717, 1.165) is 44.7 Å². The molecule has 7 heteroatoms. The van der Waals surface area contributed by atoms with E-state index in [1.165, 1.54) is 0 Å². The summed E-state index contributed by atoms with van der Waals surface area (Å²) in [5.41, 5.74) is -0.152. The quantitative estimate of drug-likeness (QED) is 0.750. The summed E-state index contributed by atoms with van der Waals surface area (Å²) in [7, 11) is 0. The highest BCUT2D eigenvalue weighted by Crippen LogP contribution is 2.27. The van der Waals surface area contributed by atoms with Crippen molar-refractivity contribution in [3.05, 3.63) is 12.2 Å². The van der Waals surface area contributed by atoms with Crippen LogP contribution in [0.3, 0.4) is 0 Å². The van der Waals surface area contributed by atoms with Crippen molar-refractivity contribution in [2.75, 3.05) is 32.8 Å². The van der Waals surface area contributed by atoms with Gasteiger partial charge in [-0.3, -0.25) is 4.79 Å². The topological polar surface area (TPSA) is 72.3 Å². The standard InChI is InChI=1S/C14H21N5O2/c20-13(11-1-2-12-16-10-17-19(12)7-11)18-5-6-21-14(9-18)3-4-15-8-14/h10-11,15H,1-9H2. The van der Waals surface area contributed by atoms with Crippen molar-refractivity contribution >= 4 is 5.91 Å². The molecular weight excluding hydrogens is 270 g/mol. The van der Waals surface area contributed by atoms with Crippen LogP contribution < -0.4 is 5.32 Å². The molecule has 0 radical (unpaired) electrons. The third-order valence-corrected chi connectivity index (χ3v) is 4.92. The van der Waals surface area contributed by atoms with Crippen LogP contribution in [0.4, 0.5) is 0 Å². The first-order chi connectivity index (χ1) is 10.3. The summed E-state index contributed by atoms with van der Waals surface area (Å²) in [6.07, 6.45) is 4.29. The lowest BCUT2D eigenvalue weighted by Crippen LogP contribution is -2.56. The highest BCUT2D eigenvalue weighted by atomic mass is 16.5. The van der Waals surface area contributed by atoms with Gasteiger partial charge in [-0.25, -0.2) is 9.67 Å². The Kier molecular flexibility index (Phi) is 3.19. The molecular formula is C14H21N5O2. The van der Waals surface area contributed by atoms with Crippen LogP contribution in [-0.2, 0) is 22.5 Å². The summed E-state index contributed by atoms with van der Waals surface area (Å²) in [4.78, 5) is 19.0. The zero-order valence-electron chi connectivity index (χ0n) is 12.1. The molecule has 0 saturated carbocycles. The van der Waals surface area contributed by atoms with E-state index < -0.39 is 0 Å². The molecule has 7 nitrogen and oxygen atoms in total. The highest BCUT2D eigenvalue weighted by Gasteiger charge is 2.42. The molecule has 4 rings (SSSR count). The number of amides is 1. The molecule has 2 atom stereocenters. The molecule has 3 aliphatic heterocycles. The van der Waals surface area contributed by atoms with E-state index in [1.807, 2.05) is 9.58 Å². The third-order valence-electron chi connectivity index (χ3n) is 4.92. The average Bonchev–Trinajstić information content (AvgIpc) is 3.15. The van der Waals surface area contributed by atoms with Gasteiger partial charge in [-0.15, -0.1) is 0 Å². The molecule has 1 aromatic heterocycles. The first kappa shape index (κ1) is 13.2. The maximum atomic E-state index is 12.8. The first-order valence-electron chi connectivity index (χ1n) is 7.76. The Morgan fingerprint density at radius 3 is 3.33 bits per heavy atom. The predicted molar refractivity (Wildman–Crippen MR) is 74.6 cm³/mol. The van der Waals surface area contributed by atoms with Crippen molar-refractivity contribution in [2.24, 2.45) is 5.92 Å². The van der Waals surface area contributed by atoms with Crippen LogP contribution in [0.1, 0.15) is 18.7 Å². The zero-order chi connectivity index (χ0) is 14.3. The van der Waals surface area contributed by atoms with Gasteiger partial charge in [0.1, 0.15) is 12.2 Å². The number of hydrogen-bond donors (Lipinski definition) is 1. The number of nitrogens with zero attached hydrogens (tertiary/aromatic N) is 4. The maximum Gasteiger partial charge on any atom is 0.227 e. The molecule has 3 aliphatic rings. The van der Waals surface area contributed by atoms with Gasteiger partial charge < -0.3 is 15.0 Å². The second-order valence-corrected chi connectivity index (χ2v) is 6.31. The predicted octanol–water partition coefficient (Wildman–Crippen LogP) is -0.569. The Bertz CT molecular complexity index is 537. The molecule has 0 aromatic carbocycles. The Morgan fingerprint density at radius 2 is 2.48 bits per heavy atom. The van der Waals surface area contributed by atoms with Crippen LogP contribution in [-0.4, -0.2) is 64.0 Å². The van der Waals surface area contributed by atoms with E-state index in [0.29, 0.717) is 19.7 Å². The van der Waals surface area contributed by atoms with E-state index in [9.17, 15) is 4.79 Å². The highest BCUT2D eigenvalue weighted by molar-refractivity contribution is 5.79. The van der Waals surface area contributed by atoms with Gasteiger partial charge in [-0.1, -0.05) is 0 Å². The molecule has 21 heavy (non-hydrogen) atoms. The summed E-state index contributed by atoms with van der Waals surface area (Å²) in [5.74, 6) is 1.28. The minimum Gasteiger partial charge on any atom is -0.370 e. The lowest BCUT2D eigenvalue weighted by Gasteiger charge is -2.41. The molecule has 0 aliphatic carbocycles. The molecule has 4 heterocycles. The van der Waals surface area contributed by atoms with Crippen LogP contribution in [0.2, 0.25) is 0 Å². The second-order valence-electron chi connectivity index (χ2n) is 6.31. The first-order valence-corrected chi connectivity index (χ1v) is 7.76. The normalized spacial score (nSPS) is 32.4. The fourth-order valence-electron chi connectivity index (χ4n) is 3.71. The third kappa shape index (κ3) is 2.34. The number of aromatic nitrogens is 3. The van der Waals surface area contributed by atoms with E-state index in [-0.39, 0.29) is 17.4 Å². The summed E-state index contributed by atoms with van der Waals surface area (Å²) in [5, 5.41) is 7.55. The van der Waals surface area contributed by atoms with E-state index >= 15 is 0 Å². The molecule has 1 amide bonds. The van der Waals surface area contributed by atoms with Gasteiger partial charge in [-0.2, -0.15) is 5.10 Å². The smallest absolute Gasteiger partial charge is 0.227 e. The van der Waals surface area contributed by atoms with E-state index in [2.05, 4.69) is 15.4 Å². The van der Waals surface area contributed by atoms with Crippen molar-refractivity contribution in [2.45, 2.75) is 31.4 Å². The summed E-state index contributed by atoms with van der Waals surface area (Å²) < 4.78 is 7.83. The van der Waals surface area contributed by atoms with Crippen LogP contribution in [0.15, 0.2) is 6.33 Å². The number of hydrogen-bond acceptors (Lipinski definition) is 5. The van der Waals surface area contributed by atoms with Gasteiger partial charge in [-0.05, 0) is 19.4 Å². The number of carbonyl (C=O) groups is 1. The minimum absolute atomic E-state index is 0.0312. The number of ether oxygens (including phenoxy) is 1. The molecule has 2 saturated heterocycles. The van der Waals surface area contributed by atoms with Gasteiger partial charge in [0.25, 0.3) is 0 Å². The zero-order valence-corrected chi connectivity index (χ0v) is 12.1. The van der Waals surface area contributed by atoms with Gasteiger partial charge in [0.2, 0.25) is 5.91 Å². The SMILES string of the molecule is O=C(C1CCc2ncnn2C1)N1CCOC2(CCNC2)C1. The molecule has 1 spiro atoms. The Morgan fingerprint density at radius 1 is 1.52 bits per heavy atom. The molecule has 1 N–H and O–H groups in total. The summed E-state index contributed by atoms with van der Waals surface area (Å²) in [6, 6.07) is 0. The van der Waals surface area contributed by atoms with Crippen LogP contribution in [0.25, 0.3) is 0 Å². The number of aryl methyl sites for hydroxylation is 1. The van der Waals surface area contributed by atoms with Crippen molar-refractivity contribution in [3.8, 4) is 0 Å². The summed E-state index contributed by atoms with van der Waals surface area (Å²) in [6.45, 7) is 4.58. The fraction of sp³-hybridized carbons (Fsp3) is 0.786. The number of morpholine rings is 1. The number of rotatable bonds is 1. The molecule has 2 fully saturated rings.